The van der Waals surface area contributed by atoms with E-state index in [1.807, 2.05) is 5.49 Å². The van der Waals surface area contributed by atoms with E-state index < -0.39 is 0 Å². The minimum atomic E-state index is 0.750. The molecule has 2 aliphatic rings. The molecule has 2 fully saturated rings. The Labute approximate surface area is 97.9 Å². The van der Waals surface area contributed by atoms with Gasteiger partial charge in [0.2, 0.25) is 0 Å². The first kappa shape index (κ1) is 10.8. The van der Waals surface area contributed by atoms with Gasteiger partial charge in [-0.1, -0.05) is 0 Å². The van der Waals surface area contributed by atoms with Crippen LogP contribution in [0.15, 0.2) is 0 Å². The summed E-state index contributed by atoms with van der Waals surface area (Å²) in [7, 11) is 8.49. The summed E-state index contributed by atoms with van der Waals surface area (Å²) in [6.07, 6.45) is 0. The highest BCUT2D eigenvalue weighted by Crippen LogP contribution is 1.87. The predicted molar refractivity (Wildman–Crippen MR) is 96.9 cm³/mol. The molecule has 0 nitrogen and oxygen atoms in total. The average Bonchev–Trinajstić information content (AvgIpc) is 2.59. The second kappa shape index (κ2) is 6.01. The molecule has 0 N–H and O–H groups in total. The normalized spacial score (nSPS) is 44.0. The number of hydrogen-bond acceptors (Lipinski definition) is 0. The zero-order valence-electron chi connectivity index (χ0n) is 8.23. The molecule has 0 aromatic rings. The lowest BCUT2D eigenvalue weighted by Crippen LogP contribution is -2.57. The Balaban J connectivity index is 1.69. The van der Waals surface area contributed by atoms with Gasteiger partial charge in [-0.25, -0.2) is 0 Å². The zero-order chi connectivity index (χ0) is 8.23. The largest absolute Gasteiger partial charge is 0.0901 e. The molecule has 66 valence electrons. The maximum Gasteiger partial charge on any atom is 0.0901 e. The third-order valence-electron chi connectivity index (χ3n) is 3.87. The molecule has 0 aromatic carbocycles. The summed E-state index contributed by atoms with van der Waals surface area (Å²) in [5.74, 6) is 0. The minimum Gasteiger partial charge on any atom is -0.0426 e. The van der Waals surface area contributed by atoms with Gasteiger partial charge in [0, 0.05) is 0 Å². The smallest absolute Gasteiger partial charge is 0.0426 e. The van der Waals surface area contributed by atoms with E-state index in [0.29, 0.717) is 0 Å². The summed E-state index contributed by atoms with van der Waals surface area (Å²) < 4.78 is 0. The molecule has 0 aliphatic carbocycles. The maximum atomic E-state index is 1.82. The third-order valence-corrected chi connectivity index (χ3v) is 133. The fourth-order valence-electron chi connectivity index (χ4n) is 3.14. The van der Waals surface area contributed by atoms with Gasteiger partial charge in [-0.3, -0.25) is 0 Å². The summed E-state index contributed by atoms with van der Waals surface area (Å²) >= 11 is 0. The molecule has 2 heterocycles. The Morgan fingerprint density at radius 3 is 1.50 bits per heavy atom. The van der Waals surface area contributed by atoms with E-state index in [4.69, 9.17) is 0 Å². The lowest BCUT2D eigenvalue weighted by Gasteiger charge is -2.18. The fraction of sp³-hybridized carbons (Fsp3) is 0. The van der Waals surface area contributed by atoms with Gasteiger partial charge in [0.25, 0.3) is 0 Å². The Morgan fingerprint density at radius 2 is 1.00 bits per heavy atom. The SMILES string of the molecule is [SiH2]1[SiH2][SiH2]B([SiH2]B2[SiH2][SiH2][SiH2][SiH2]2)[SiH2][SiH2]1. The van der Waals surface area contributed by atoms with Crippen LogP contribution in [0.2, 0.25) is 0 Å². The highest BCUT2D eigenvalue weighted by Gasteiger charge is 2.27. The molecule has 12 heavy (non-hydrogen) atoms. The molecule has 2 aliphatic heterocycles. The van der Waals surface area contributed by atoms with E-state index in [1.165, 1.54) is 0 Å². The zero-order valence-corrected chi connectivity index (χ0v) is 22.4. The molecular weight excluding hydrogens is 302 g/mol. The molecule has 0 atom stereocenters. The highest BCUT2D eigenvalue weighted by atomic mass is 29.8. The van der Waals surface area contributed by atoms with Crippen LogP contribution in [0, 0.1) is 0 Å². The Bertz CT molecular complexity index is 124. The van der Waals surface area contributed by atoms with Crippen molar-refractivity contribution in [3.63, 3.8) is 0 Å². The number of rotatable bonds is 2. The summed E-state index contributed by atoms with van der Waals surface area (Å²) in [6.45, 7) is 0. The Morgan fingerprint density at radius 1 is 0.583 bits per heavy atom. The monoisotopic (exact) mass is 322 g/mol. The van der Waals surface area contributed by atoms with Gasteiger partial charge in [-0.05, 0) is 87.7 Å². The molecule has 12 heteroatoms. The van der Waals surface area contributed by atoms with Crippen molar-refractivity contribution in [2.24, 2.45) is 0 Å². The molecule has 2 rings (SSSR count). The van der Waals surface area contributed by atoms with Crippen LogP contribution in [0.1, 0.15) is 0 Å². The van der Waals surface area contributed by atoms with Gasteiger partial charge in [-0.15, -0.1) is 0 Å². The van der Waals surface area contributed by atoms with E-state index in [0.717, 1.165) is 87.7 Å². The lowest BCUT2D eigenvalue weighted by atomic mass is 10.6. The molecule has 2 saturated heterocycles. The van der Waals surface area contributed by atoms with Crippen molar-refractivity contribution < 1.29 is 0 Å². The van der Waals surface area contributed by atoms with Crippen LogP contribution in [-0.2, 0) is 0 Å². The van der Waals surface area contributed by atoms with E-state index in [1.54, 1.807) is 5.49 Å². The summed E-state index contributed by atoms with van der Waals surface area (Å²) in [6, 6.07) is 0. The van der Waals surface area contributed by atoms with Crippen LogP contribution in [0.3, 0.4) is 0 Å². The fourth-order valence-corrected chi connectivity index (χ4v) is 232. The van der Waals surface area contributed by atoms with Gasteiger partial charge in [-0.2, -0.15) is 0 Å². The molecule has 0 saturated carbocycles. The summed E-state index contributed by atoms with van der Waals surface area (Å²) in [5, 5.41) is 0. The first-order chi connectivity index (χ1) is 5.95. The van der Waals surface area contributed by atoms with Crippen molar-refractivity contribution in [1.82, 2.24) is 0 Å². The maximum absolute atomic E-state index is 1.82. The van der Waals surface area contributed by atoms with E-state index >= 15 is 0 Å². The molecule has 0 radical (unpaired) electrons. The Hall–Kier alpha value is 2.30. The average molecular weight is 323 g/mol. The van der Waals surface area contributed by atoms with Crippen molar-refractivity contribution in [3.8, 4) is 0 Å². The van der Waals surface area contributed by atoms with Crippen LogP contribution in [0.25, 0.3) is 0 Å². The van der Waals surface area contributed by atoms with Crippen LogP contribution < -0.4 is 0 Å². The number of hydrogen-bond donors (Lipinski definition) is 0. The first-order valence-electron chi connectivity index (χ1n) is 5.95. The second-order valence-corrected chi connectivity index (χ2v) is 74.4. The third kappa shape index (κ3) is 3.46. The van der Waals surface area contributed by atoms with Crippen molar-refractivity contribution >= 4 is 98.6 Å². The van der Waals surface area contributed by atoms with Crippen LogP contribution in [0.4, 0.5) is 0 Å². The summed E-state index contributed by atoms with van der Waals surface area (Å²) in [5.41, 5.74) is 3.62. The molecule has 0 spiro atoms. The predicted octanol–water partition coefficient (Wildman–Crippen LogP) is -9.92. The minimum absolute atomic E-state index is 0.750. The topological polar surface area (TPSA) is 0 Å². The van der Waals surface area contributed by atoms with Crippen LogP contribution in [-0.4, -0.2) is 98.6 Å². The van der Waals surface area contributed by atoms with Gasteiger partial charge in [0.1, 0.15) is 0 Å². The quantitative estimate of drug-likeness (QED) is 0.443. The van der Waals surface area contributed by atoms with Crippen molar-refractivity contribution in [3.05, 3.63) is 0 Å². The molecule has 0 unspecified atom stereocenters. The Kier molecular flexibility index (Phi) is 5.41. The van der Waals surface area contributed by atoms with Crippen LogP contribution >= 0.6 is 0 Å². The molecular formula is H20B2Si10. The molecule has 0 amide bonds. The van der Waals surface area contributed by atoms with Crippen molar-refractivity contribution in [2.75, 3.05) is 0 Å². The standard InChI is InChI=1S/B2H20Si10/c3(1-4-8-9-5-1)2-6-10-12-11-7-2/h3-12H2. The van der Waals surface area contributed by atoms with E-state index in [-0.39, 0.29) is 0 Å². The molecule has 0 aromatic heterocycles. The summed E-state index contributed by atoms with van der Waals surface area (Å²) in [4.78, 5) is 0. The van der Waals surface area contributed by atoms with Crippen molar-refractivity contribution in [1.29, 1.82) is 0 Å². The van der Waals surface area contributed by atoms with Crippen LogP contribution in [0.5, 0.6) is 0 Å². The van der Waals surface area contributed by atoms with Crippen molar-refractivity contribution in [2.45, 2.75) is 0 Å². The van der Waals surface area contributed by atoms with Gasteiger partial charge < -0.3 is 0 Å². The van der Waals surface area contributed by atoms with Gasteiger partial charge >= 0.3 is 0 Å². The lowest BCUT2D eigenvalue weighted by molar-refractivity contribution is 3.57. The van der Waals surface area contributed by atoms with Gasteiger partial charge in [0.15, 0.2) is 0 Å². The second-order valence-electron chi connectivity index (χ2n) is 4.89. The first-order valence-corrected chi connectivity index (χ1v) is 38.8. The molecule has 0 bridgehead atoms. The van der Waals surface area contributed by atoms with Gasteiger partial charge in [0.05, 0.1) is 11.0 Å². The van der Waals surface area contributed by atoms with E-state index in [9.17, 15) is 0 Å². The highest BCUT2D eigenvalue weighted by molar-refractivity contribution is 8.01. The van der Waals surface area contributed by atoms with E-state index in [2.05, 4.69) is 0 Å².